The number of nitro benzene ring substituents is 1. The lowest BCUT2D eigenvalue weighted by molar-refractivity contribution is -0.384. The summed E-state index contributed by atoms with van der Waals surface area (Å²) in [5.41, 5.74) is -0.0875. The van der Waals surface area contributed by atoms with Crippen molar-refractivity contribution in [3.05, 3.63) is 34.4 Å². The van der Waals surface area contributed by atoms with Gasteiger partial charge >= 0.3 is 6.16 Å². The van der Waals surface area contributed by atoms with Gasteiger partial charge in [0.05, 0.1) is 11.5 Å². The summed E-state index contributed by atoms with van der Waals surface area (Å²) in [6.07, 6.45) is -0.0656. The van der Waals surface area contributed by atoms with Crippen molar-refractivity contribution in [1.82, 2.24) is 9.80 Å². The number of ether oxygens (including phenoxy) is 2. The molecule has 1 amide bonds. The Morgan fingerprint density at radius 1 is 1.23 bits per heavy atom. The van der Waals surface area contributed by atoms with E-state index in [1.165, 1.54) is 24.3 Å². The van der Waals surface area contributed by atoms with Crippen molar-refractivity contribution in [2.24, 2.45) is 0 Å². The molecule has 26 heavy (non-hydrogen) atoms. The van der Waals surface area contributed by atoms with Crippen molar-refractivity contribution >= 4 is 30.2 Å². The fraction of sp³-hybridized carbons (Fsp3) is 0.500. The molecule has 1 heterocycles. The highest BCUT2D eigenvalue weighted by Gasteiger charge is 2.26. The number of halogens is 1. The number of benzene rings is 1. The van der Waals surface area contributed by atoms with Gasteiger partial charge in [-0.2, -0.15) is 0 Å². The highest BCUT2D eigenvalue weighted by molar-refractivity contribution is 5.85. The predicted octanol–water partition coefficient (Wildman–Crippen LogP) is 2.08. The van der Waals surface area contributed by atoms with Crippen molar-refractivity contribution in [2.75, 3.05) is 33.7 Å². The lowest BCUT2D eigenvalue weighted by Crippen LogP contribution is -2.44. The van der Waals surface area contributed by atoms with E-state index in [4.69, 9.17) is 9.47 Å². The Kier molecular flexibility index (Phi) is 8.27. The highest BCUT2D eigenvalue weighted by atomic mass is 35.5. The first kappa shape index (κ1) is 21.7. The Morgan fingerprint density at radius 3 is 2.31 bits per heavy atom. The van der Waals surface area contributed by atoms with Gasteiger partial charge in [0.1, 0.15) is 11.9 Å². The van der Waals surface area contributed by atoms with E-state index < -0.39 is 11.1 Å². The number of nitrogens with zero attached hydrogens (tertiary/aromatic N) is 3. The molecule has 0 spiro atoms. The third kappa shape index (κ3) is 6.49. The van der Waals surface area contributed by atoms with Crippen molar-refractivity contribution in [1.29, 1.82) is 0 Å². The molecule has 144 valence electrons. The summed E-state index contributed by atoms with van der Waals surface area (Å²) in [5, 5.41) is 10.6. The summed E-state index contributed by atoms with van der Waals surface area (Å²) >= 11 is 0. The van der Waals surface area contributed by atoms with Crippen LogP contribution >= 0.6 is 12.4 Å². The Bertz CT molecular complexity index is 629. The molecule has 9 nitrogen and oxygen atoms in total. The second kappa shape index (κ2) is 9.93. The van der Waals surface area contributed by atoms with Crippen molar-refractivity contribution in [3.8, 4) is 5.75 Å². The van der Waals surface area contributed by atoms with E-state index in [1.807, 2.05) is 19.0 Å². The Hall–Kier alpha value is -2.39. The van der Waals surface area contributed by atoms with Crippen molar-refractivity contribution in [3.63, 3.8) is 0 Å². The number of likely N-dealkylation sites (tertiary alicyclic amines) is 1. The molecular weight excluding hydrogens is 366 g/mol. The zero-order chi connectivity index (χ0) is 18.4. The molecule has 0 bridgehead atoms. The van der Waals surface area contributed by atoms with Gasteiger partial charge in [0.15, 0.2) is 0 Å². The largest absolute Gasteiger partial charge is 0.514 e. The lowest BCUT2D eigenvalue weighted by atomic mass is 10.1. The summed E-state index contributed by atoms with van der Waals surface area (Å²) in [6.45, 7) is 1.41. The zero-order valence-corrected chi connectivity index (χ0v) is 15.4. The molecule has 0 saturated carbocycles. The molecule has 0 aromatic heterocycles. The van der Waals surface area contributed by atoms with E-state index in [0.29, 0.717) is 32.5 Å². The van der Waals surface area contributed by atoms with Crippen molar-refractivity contribution < 1.29 is 24.0 Å². The summed E-state index contributed by atoms with van der Waals surface area (Å²) in [6, 6.07) is 5.17. The molecular formula is C16H22ClN3O6. The zero-order valence-electron chi connectivity index (χ0n) is 14.6. The Labute approximate surface area is 157 Å². The number of nitro groups is 1. The van der Waals surface area contributed by atoms with Gasteiger partial charge in [-0.3, -0.25) is 14.9 Å². The van der Waals surface area contributed by atoms with Crippen LogP contribution in [-0.2, 0) is 9.53 Å². The van der Waals surface area contributed by atoms with Crippen LogP contribution < -0.4 is 4.74 Å². The van der Waals surface area contributed by atoms with Crippen LogP contribution in [-0.4, -0.2) is 66.6 Å². The highest BCUT2D eigenvalue weighted by Crippen LogP contribution is 2.19. The third-order valence-electron chi connectivity index (χ3n) is 3.76. The predicted molar refractivity (Wildman–Crippen MR) is 95.6 cm³/mol. The first-order valence-electron chi connectivity index (χ1n) is 7.90. The maximum atomic E-state index is 12.0. The number of hydrogen-bond donors (Lipinski definition) is 0. The summed E-state index contributed by atoms with van der Waals surface area (Å²) in [5.74, 6) is 0.228. The number of piperidine rings is 1. The Balaban J connectivity index is 0.00000338. The molecule has 1 fully saturated rings. The van der Waals surface area contributed by atoms with Gasteiger partial charge in [-0.05, 0) is 26.2 Å². The second-order valence-corrected chi connectivity index (χ2v) is 6.04. The van der Waals surface area contributed by atoms with E-state index in [-0.39, 0.29) is 35.9 Å². The van der Waals surface area contributed by atoms with Crippen molar-refractivity contribution in [2.45, 2.75) is 18.9 Å². The first-order valence-corrected chi connectivity index (χ1v) is 7.90. The standard InChI is InChI=1S/C16H21N3O6.ClH/c1-17(2)11-15(20)18-9-7-14(8-10-18)25-16(21)24-13-5-3-12(4-6-13)19(22)23;/h3-6,14H,7-11H2,1-2H3;1H. The summed E-state index contributed by atoms with van der Waals surface area (Å²) in [7, 11) is 3.67. The molecule has 0 radical (unpaired) electrons. The van der Waals surface area contributed by atoms with Gasteiger partial charge in [-0.1, -0.05) is 0 Å². The van der Waals surface area contributed by atoms with E-state index in [2.05, 4.69) is 0 Å². The lowest BCUT2D eigenvalue weighted by Gasteiger charge is -2.32. The van der Waals surface area contributed by atoms with Gasteiger partial charge in [0.2, 0.25) is 5.91 Å². The quantitative estimate of drug-likeness (QED) is 0.330. The smallest absolute Gasteiger partial charge is 0.431 e. The minimum absolute atomic E-state index is 0. The number of rotatable bonds is 5. The maximum Gasteiger partial charge on any atom is 0.514 e. The van der Waals surface area contributed by atoms with Crippen LogP contribution in [0.25, 0.3) is 0 Å². The topological polar surface area (TPSA) is 102 Å². The molecule has 0 atom stereocenters. The van der Waals surface area contributed by atoms with Crippen LogP contribution in [0, 0.1) is 10.1 Å². The molecule has 0 N–H and O–H groups in total. The number of non-ortho nitro benzene ring substituents is 1. The SMILES string of the molecule is CN(C)CC(=O)N1CCC(OC(=O)Oc2ccc([N+](=O)[O-])cc2)CC1.Cl. The molecule has 1 aromatic carbocycles. The van der Waals surface area contributed by atoms with E-state index >= 15 is 0 Å². The van der Waals surface area contributed by atoms with Crippen LogP contribution in [0.2, 0.25) is 0 Å². The third-order valence-corrected chi connectivity index (χ3v) is 3.76. The Morgan fingerprint density at radius 2 is 1.81 bits per heavy atom. The molecule has 1 saturated heterocycles. The summed E-state index contributed by atoms with van der Waals surface area (Å²) < 4.78 is 10.2. The fourth-order valence-electron chi connectivity index (χ4n) is 2.49. The summed E-state index contributed by atoms with van der Waals surface area (Å²) in [4.78, 5) is 37.4. The van der Waals surface area contributed by atoms with E-state index in [1.54, 1.807) is 4.90 Å². The van der Waals surface area contributed by atoms with E-state index in [0.717, 1.165) is 0 Å². The molecule has 1 aliphatic heterocycles. The van der Waals surface area contributed by atoms with Gasteiger partial charge in [0, 0.05) is 38.1 Å². The van der Waals surface area contributed by atoms with Crippen LogP contribution in [0.15, 0.2) is 24.3 Å². The molecule has 0 unspecified atom stereocenters. The van der Waals surface area contributed by atoms with E-state index in [9.17, 15) is 19.7 Å². The van der Waals surface area contributed by atoms with Crippen LogP contribution in [0.1, 0.15) is 12.8 Å². The second-order valence-electron chi connectivity index (χ2n) is 6.04. The molecule has 0 aliphatic carbocycles. The number of carbonyl (C=O) groups is 2. The average molecular weight is 388 g/mol. The number of likely N-dealkylation sites (N-methyl/N-ethyl adjacent to an activating group) is 1. The van der Waals surface area contributed by atoms with Gasteiger partial charge in [-0.15, -0.1) is 12.4 Å². The average Bonchev–Trinajstić information content (AvgIpc) is 2.55. The van der Waals surface area contributed by atoms with Crippen LogP contribution in [0.5, 0.6) is 5.75 Å². The molecule has 1 aliphatic rings. The minimum Gasteiger partial charge on any atom is -0.431 e. The minimum atomic E-state index is -0.855. The number of amides is 1. The number of carbonyl (C=O) groups excluding carboxylic acids is 2. The monoisotopic (exact) mass is 387 g/mol. The van der Waals surface area contributed by atoms with Gasteiger partial charge in [-0.25, -0.2) is 4.79 Å². The molecule has 1 aromatic rings. The maximum absolute atomic E-state index is 12.0. The normalized spacial score (nSPS) is 14.5. The number of hydrogen-bond acceptors (Lipinski definition) is 7. The van der Waals surface area contributed by atoms with Crippen LogP contribution in [0.4, 0.5) is 10.5 Å². The first-order chi connectivity index (χ1) is 11.8. The molecule has 2 rings (SSSR count). The van der Waals surface area contributed by atoms with Crippen LogP contribution in [0.3, 0.4) is 0 Å². The van der Waals surface area contributed by atoms with Gasteiger partial charge < -0.3 is 19.3 Å². The molecule has 10 heteroatoms. The van der Waals surface area contributed by atoms with Gasteiger partial charge in [0.25, 0.3) is 5.69 Å². The fourth-order valence-corrected chi connectivity index (χ4v) is 2.49.